The minimum absolute atomic E-state index is 0. The van der Waals surface area contributed by atoms with Crippen molar-refractivity contribution < 1.29 is 9.53 Å². The molecule has 0 aromatic heterocycles. The van der Waals surface area contributed by atoms with Crippen molar-refractivity contribution in [2.75, 3.05) is 0 Å². The van der Waals surface area contributed by atoms with Gasteiger partial charge in [0.05, 0.1) is 0 Å². The second-order valence-electron chi connectivity index (χ2n) is 3.03. The van der Waals surface area contributed by atoms with Gasteiger partial charge in [0.2, 0.25) is 0 Å². The quantitative estimate of drug-likeness (QED) is 0.435. The molecule has 13 heavy (non-hydrogen) atoms. The summed E-state index contributed by atoms with van der Waals surface area (Å²) in [6.07, 6.45) is 0.116. The minimum Gasteiger partial charge on any atom is -0.443 e. The molecule has 0 aliphatic rings. The number of esters is 1. The molecule has 0 bridgehead atoms. The Bertz CT molecular complexity index is 180. The third-order valence-corrected chi connectivity index (χ3v) is 1.62. The van der Waals surface area contributed by atoms with E-state index in [2.05, 4.69) is 6.58 Å². The smallest absolute Gasteiger partial charge is 0.335 e. The molecule has 0 rings (SSSR count). The van der Waals surface area contributed by atoms with Crippen LogP contribution in [-0.2, 0) is 9.53 Å². The van der Waals surface area contributed by atoms with Gasteiger partial charge in [-0.1, -0.05) is 27.4 Å². The van der Waals surface area contributed by atoms with Crippen LogP contribution in [0.25, 0.3) is 0 Å². The fraction of sp³-hybridized carbons (Fsp3) is 0.667. The first-order valence-corrected chi connectivity index (χ1v) is 4.14. The van der Waals surface area contributed by atoms with Crippen molar-refractivity contribution in [1.29, 1.82) is 0 Å². The number of hydrogen-bond acceptors (Lipinski definition) is 3. The van der Waals surface area contributed by atoms with Crippen LogP contribution in [0.15, 0.2) is 12.2 Å². The summed E-state index contributed by atoms with van der Waals surface area (Å²) in [5.74, 6) is -0.277. The van der Waals surface area contributed by atoms with E-state index in [9.17, 15) is 4.79 Å². The van der Waals surface area contributed by atoms with E-state index >= 15 is 0 Å². The van der Waals surface area contributed by atoms with Crippen LogP contribution in [0, 0.1) is 5.92 Å². The van der Waals surface area contributed by atoms with Crippen molar-refractivity contribution in [3.05, 3.63) is 12.2 Å². The van der Waals surface area contributed by atoms with Gasteiger partial charge in [0.1, 0.15) is 0 Å². The molecule has 2 N–H and O–H groups in total. The second kappa shape index (κ2) is 6.92. The maximum atomic E-state index is 11.2. The average molecular weight is 208 g/mol. The number of carbonyl (C=O) groups excluding carboxylic acids is 1. The Morgan fingerprint density at radius 3 is 2.31 bits per heavy atom. The van der Waals surface area contributed by atoms with Gasteiger partial charge in [-0.05, 0) is 12.3 Å². The van der Waals surface area contributed by atoms with Crippen LogP contribution >= 0.6 is 12.4 Å². The zero-order valence-electron chi connectivity index (χ0n) is 8.37. The average Bonchev–Trinajstić information content (AvgIpc) is 2.02. The van der Waals surface area contributed by atoms with Gasteiger partial charge >= 0.3 is 5.97 Å². The Morgan fingerprint density at radius 1 is 1.54 bits per heavy atom. The summed E-state index contributed by atoms with van der Waals surface area (Å²) in [7, 11) is 0. The van der Waals surface area contributed by atoms with E-state index in [4.69, 9.17) is 10.5 Å². The molecular formula is C9H18ClNO2. The first-order chi connectivity index (χ1) is 5.49. The van der Waals surface area contributed by atoms with Crippen molar-refractivity contribution in [3.63, 3.8) is 0 Å². The highest BCUT2D eigenvalue weighted by atomic mass is 35.5. The molecule has 0 amide bonds. The van der Waals surface area contributed by atoms with Crippen LogP contribution in [0.3, 0.4) is 0 Å². The van der Waals surface area contributed by atoms with E-state index < -0.39 is 6.23 Å². The van der Waals surface area contributed by atoms with Crippen molar-refractivity contribution in [2.24, 2.45) is 11.7 Å². The number of hydrogen-bond donors (Lipinski definition) is 1. The molecule has 0 fully saturated rings. The van der Waals surface area contributed by atoms with E-state index in [0.717, 1.165) is 0 Å². The van der Waals surface area contributed by atoms with Crippen molar-refractivity contribution in [3.8, 4) is 0 Å². The third kappa shape index (κ3) is 5.66. The zero-order valence-corrected chi connectivity index (χ0v) is 9.19. The van der Waals surface area contributed by atoms with Crippen molar-refractivity contribution >= 4 is 18.4 Å². The van der Waals surface area contributed by atoms with Gasteiger partial charge in [-0.3, -0.25) is 5.73 Å². The Labute approximate surface area is 85.7 Å². The molecule has 0 aliphatic heterocycles. The van der Waals surface area contributed by atoms with Crippen LogP contribution in [-0.4, -0.2) is 12.2 Å². The van der Waals surface area contributed by atoms with Crippen LogP contribution in [0.1, 0.15) is 27.2 Å². The standard InChI is InChI=1S/C9H17NO2.ClH/c1-5-8(10)12-9(11)7(4)6(2)3;/h6,8H,4-5,10H2,1-3H3;1H. The topological polar surface area (TPSA) is 52.3 Å². The fourth-order valence-electron chi connectivity index (χ4n) is 0.532. The molecular weight excluding hydrogens is 190 g/mol. The molecule has 0 saturated heterocycles. The molecule has 78 valence electrons. The number of carbonyl (C=O) groups is 1. The number of rotatable bonds is 4. The molecule has 0 aromatic carbocycles. The summed E-state index contributed by atoms with van der Waals surface area (Å²) in [5, 5.41) is 0. The highest BCUT2D eigenvalue weighted by molar-refractivity contribution is 5.88. The van der Waals surface area contributed by atoms with Gasteiger partial charge in [-0.2, -0.15) is 0 Å². The van der Waals surface area contributed by atoms with E-state index in [1.54, 1.807) is 0 Å². The highest BCUT2D eigenvalue weighted by Gasteiger charge is 2.14. The molecule has 4 heteroatoms. The number of ether oxygens (including phenoxy) is 1. The van der Waals surface area contributed by atoms with Crippen LogP contribution < -0.4 is 5.73 Å². The summed E-state index contributed by atoms with van der Waals surface area (Å²) in [4.78, 5) is 11.2. The summed E-state index contributed by atoms with van der Waals surface area (Å²) < 4.78 is 4.86. The SMILES string of the molecule is C=C(C(=O)OC(N)CC)C(C)C.Cl. The lowest BCUT2D eigenvalue weighted by Gasteiger charge is -2.13. The third-order valence-electron chi connectivity index (χ3n) is 1.62. The van der Waals surface area contributed by atoms with Crippen molar-refractivity contribution in [1.82, 2.24) is 0 Å². The van der Waals surface area contributed by atoms with Gasteiger partial charge in [0.25, 0.3) is 0 Å². The summed E-state index contributed by atoms with van der Waals surface area (Å²) in [6, 6.07) is 0. The predicted octanol–water partition coefficient (Wildman–Crippen LogP) is 1.86. The van der Waals surface area contributed by atoms with E-state index in [-0.39, 0.29) is 24.3 Å². The lowest BCUT2D eigenvalue weighted by Crippen LogP contribution is -2.27. The van der Waals surface area contributed by atoms with Gasteiger partial charge in [-0.15, -0.1) is 12.4 Å². The van der Waals surface area contributed by atoms with Crippen LogP contribution in [0.2, 0.25) is 0 Å². The lowest BCUT2D eigenvalue weighted by molar-refractivity contribution is -0.144. The zero-order chi connectivity index (χ0) is 9.72. The Morgan fingerprint density at radius 2 is 2.00 bits per heavy atom. The molecule has 1 atom stereocenters. The summed E-state index contributed by atoms with van der Waals surface area (Å²) >= 11 is 0. The van der Waals surface area contributed by atoms with Crippen LogP contribution in [0.4, 0.5) is 0 Å². The number of halogens is 1. The summed E-state index contributed by atoms with van der Waals surface area (Å²) in [6.45, 7) is 9.25. The van der Waals surface area contributed by atoms with Gasteiger partial charge in [0.15, 0.2) is 6.23 Å². The summed E-state index contributed by atoms with van der Waals surface area (Å²) in [5.41, 5.74) is 5.90. The molecule has 0 aliphatic carbocycles. The monoisotopic (exact) mass is 207 g/mol. The van der Waals surface area contributed by atoms with E-state index in [1.165, 1.54) is 0 Å². The van der Waals surface area contributed by atoms with Gasteiger partial charge < -0.3 is 4.74 Å². The maximum absolute atomic E-state index is 11.2. The number of nitrogens with two attached hydrogens (primary N) is 1. The van der Waals surface area contributed by atoms with E-state index in [1.807, 2.05) is 20.8 Å². The van der Waals surface area contributed by atoms with Gasteiger partial charge in [-0.25, -0.2) is 4.79 Å². The van der Waals surface area contributed by atoms with Crippen molar-refractivity contribution in [2.45, 2.75) is 33.4 Å². The molecule has 1 unspecified atom stereocenters. The minimum atomic E-state index is -0.506. The molecule has 0 heterocycles. The van der Waals surface area contributed by atoms with Gasteiger partial charge in [0, 0.05) is 5.57 Å². The molecule has 0 radical (unpaired) electrons. The van der Waals surface area contributed by atoms with E-state index in [0.29, 0.717) is 12.0 Å². The Kier molecular flexibility index (Phi) is 7.96. The first-order valence-electron chi connectivity index (χ1n) is 4.14. The largest absolute Gasteiger partial charge is 0.443 e. The molecule has 0 aromatic rings. The Hall–Kier alpha value is -0.540. The normalized spacial score (nSPS) is 11.8. The molecule has 0 spiro atoms. The molecule has 0 saturated carbocycles. The fourth-order valence-corrected chi connectivity index (χ4v) is 0.532. The molecule has 3 nitrogen and oxygen atoms in total. The Balaban J connectivity index is 0. The first kappa shape index (κ1) is 15.0. The lowest BCUT2D eigenvalue weighted by atomic mass is 10.1. The maximum Gasteiger partial charge on any atom is 0.335 e. The predicted molar refractivity (Wildman–Crippen MR) is 55.6 cm³/mol. The second-order valence-corrected chi connectivity index (χ2v) is 3.03. The van der Waals surface area contributed by atoms with Crippen LogP contribution in [0.5, 0.6) is 0 Å². The highest BCUT2D eigenvalue weighted by Crippen LogP contribution is 2.09.